The maximum atomic E-state index is 11.3. The molecule has 4 nitrogen and oxygen atoms in total. The molecule has 0 radical (unpaired) electrons. The molecule has 1 fully saturated rings. The molecule has 16 heavy (non-hydrogen) atoms. The second-order valence-corrected chi connectivity index (χ2v) is 4.99. The molecule has 1 saturated carbocycles. The third-order valence-corrected chi connectivity index (χ3v) is 3.73. The van der Waals surface area contributed by atoms with Gasteiger partial charge in [-0.3, -0.25) is 9.48 Å². The maximum Gasteiger partial charge on any atom is 0.314 e. The zero-order valence-electron chi connectivity index (χ0n) is 9.40. The summed E-state index contributed by atoms with van der Waals surface area (Å²) in [5.41, 5.74) is -0.119. The number of hydrogen-bond donors (Lipinski definition) is 1. The Hall–Kier alpha value is -1.03. The second kappa shape index (κ2) is 3.77. The van der Waals surface area contributed by atoms with Crippen LogP contribution in [0.2, 0.25) is 5.15 Å². The van der Waals surface area contributed by atoms with Gasteiger partial charge in [-0.25, -0.2) is 0 Å². The van der Waals surface area contributed by atoms with Crippen molar-refractivity contribution in [3.8, 4) is 0 Å². The lowest BCUT2D eigenvalue weighted by molar-refractivity contribution is -0.147. The Labute approximate surface area is 99.2 Å². The van der Waals surface area contributed by atoms with Crippen molar-refractivity contribution in [1.29, 1.82) is 0 Å². The second-order valence-electron chi connectivity index (χ2n) is 4.63. The summed E-state index contributed by atoms with van der Waals surface area (Å²) in [6.07, 6.45) is 3.86. The number of carboxylic acids is 1. The van der Waals surface area contributed by atoms with Gasteiger partial charge in [0.2, 0.25) is 0 Å². The minimum absolute atomic E-state index is 0.146. The van der Waals surface area contributed by atoms with Crippen LogP contribution in [0.25, 0.3) is 0 Å². The largest absolute Gasteiger partial charge is 0.481 e. The van der Waals surface area contributed by atoms with E-state index < -0.39 is 11.4 Å². The zero-order chi connectivity index (χ0) is 11.9. The quantitative estimate of drug-likeness (QED) is 0.887. The summed E-state index contributed by atoms with van der Waals surface area (Å²) in [6, 6.07) is 0.146. The highest BCUT2D eigenvalue weighted by Crippen LogP contribution is 2.46. The Bertz CT molecular complexity index is 422. The summed E-state index contributed by atoms with van der Waals surface area (Å²) in [5.74, 6) is -0.788. The number of aromatic nitrogens is 2. The highest BCUT2D eigenvalue weighted by Gasteiger charge is 2.48. The predicted octanol–water partition coefficient (Wildman–Crippen LogP) is 2.62. The molecule has 88 valence electrons. The standard InChI is InChI=1S/C11H15ClN2O2/c1-7(2)14-9(12)8(6-13-14)11(10(15)16)4-3-5-11/h6-7H,3-5H2,1-2H3,(H,15,16). The van der Waals surface area contributed by atoms with Gasteiger partial charge in [-0.15, -0.1) is 0 Å². The third kappa shape index (κ3) is 1.44. The number of nitrogens with zero attached hydrogens (tertiary/aromatic N) is 2. The molecule has 0 unspecified atom stereocenters. The van der Waals surface area contributed by atoms with Crippen LogP contribution < -0.4 is 0 Å². The molecule has 1 heterocycles. The molecule has 1 aromatic rings. The van der Waals surface area contributed by atoms with Gasteiger partial charge >= 0.3 is 5.97 Å². The van der Waals surface area contributed by atoms with Gasteiger partial charge in [-0.2, -0.15) is 5.10 Å². The SMILES string of the molecule is CC(C)n1ncc(C2(C(=O)O)CCC2)c1Cl. The van der Waals surface area contributed by atoms with Crippen LogP contribution in [0.5, 0.6) is 0 Å². The highest BCUT2D eigenvalue weighted by atomic mass is 35.5. The van der Waals surface area contributed by atoms with Crippen molar-refractivity contribution in [1.82, 2.24) is 9.78 Å². The van der Waals surface area contributed by atoms with E-state index in [-0.39, 0.29) is 6.04 Å². The molecule has 5 heteroatoms. The molecule has 1 aromatic heterocycles. The highest BCUT2D eigenvalue weighted by molar-refractivity contribution is 6.30. The van der Waals surface area contributed by atoms with Crippen molar-refractivity contribution < 1.29 is 9.90 Å². The number of carbonyl (C=O) groups is 1. The Morgan fingerprint density at radius 1 is 1.62 bits per heavy atom. The minimum Gasteiger partial charge on any atom is -0.481 e. The third-order valence-electron chi connectivity index (χ3n) is 3.36. The lowest BCUT2D eigenvalue weighted by Crippen LogP contribution is -2.42. The molecule has 0 bridgehead atoms. The van der Waals surface area contributed by atoms with Crippen molar-refractivity contribution in [2.75, 3.05) is 0 Å². The van der Waals surface area contributed by atoms with Crippen molar-refractivity contribution in [2.24, 2.45) is 0 Å². The van der Waals surface area contributed by atoms with Gasteiger partial charge in [0.05, 0.1) is 11.6 Å². The number of hydrogen-bond acceptors (Lipinski definition) is 2. The number of halogens is 1. The summed E-state index contributed by atoms with van der Waals surface area (Å²) in [6.45, 7) is 3.94. The van der Waals surface area contributed by atoms with E-state index in [0.717, 1.165) is 6.42 Å². The fourth-order valence-electron chi connectivity index (χ4n) is 2.16. The van der Waals surface area contributed by atoms with E-state index in [1.165, 1.54) is 0 Å². The van der Waals surface area contributed by atoms with E-state index in [1.807, 2.05) is 13.8 Å². The average Bonchev–Trinajstić information content (AvgIpc) is 2.46. The summed E-state index contributed by atoms with van der Waals surface area (Å²) in [5, 5.41) is 14.0. The summed E-state index contributed by atoms with van der Waals surface area (Å²) in [7, 11) is 0. The van der Waals surface area contributed by atoms with Gasteiger partial charge in [0.15, 0.2) is 0 Å². The molecule has 1 aliphatic rings. The molecule has 0 saturated heterocycles. The fourth-order valence-corrected chi connectivity index (χ4v) is 2.63. The molecule has 0 amide bonds. The van der Waals surface area contributed by atoms with Crippen molar-refractivity contribution in [3.05, 3.63) is 16.9 Å². The van der Waals surface area contributed by atoms with Crippen molar-refractivity contribution >= 4 is 17.6 Å². The van der Waals surface area contributed by atoms with E-state index in [1.54, 1.807) is 10.9 Å². The molecular formula is C11H15ClN2O2. The first kappa shape index (κ1) is 11.5. The summed E-state index contributed by atoms with van der Waals surface area (Å²) >= 11 is 6.20. The van der Waals surface area contributed by atoms with Crippen LogP contribution in [0.1, 0.15) is 44.7 Å². The number of rotatable bonds is 3. The predicted molar refractivity (Wildman–Crippen MR) is 60.8 cm³/mol. The average molecular weight is 243 g/mol. The van der Waals surface area contributed by atoms with Crippen LogP contribution in [-0.4, -0.2) is 20.9 Å². The van der Waals surface area contributed by atoms with Crippen LogP contribution in [-0.2, 0) is 10.2 Å². The molecule has 1 N–H and O–H groups in total. The number of aliphatic carboxylic acids is 1. The van der Waals surface area contributed by atoms with Crippen LogP contribution in [0.15, 0.2) is 6.20 Å². The Morgan fingerprint density at radius 2 is 2.25 bits per heavy atom. The monoisotopic (exact) mass is 242 g/mol. The Kier molecular flexibility index (Phi) is 2.70. The summed E-state index contributed by atoms with van der Waals surface area (Å²) < 4.78 is 1.67. The molecule has 1 aliphatic carbocycles. The molecule has 0 aromatic carbocycles. The minimum atomic E-state index is -0.788. The van der Waals surface area contributed by atoms with Gasteiger partial charge in [0, 0.05) is 11.6 Å². The van der Waals surface area contributed by atoms with E-state index in [2.05, 4.69) is 5.10 Å². The van der Waals surface area contributed by atoms with Crippen LogP contribution in [0, 0.1) is 0 Å². The summed E-state index contributed by atoms with van der Waals surface area (Å²) in [4.78, 5) is 11.3. The lowest BCUT2D eigenvalue weighted by Gasteiger charge is -2.37. The van der Waals surface area contributed by atoms with Gasteiger partial charge in [-0.1, -0.05) is 18.0 Å². The molecule has 0 spiro atoms. The van der Waals surface area contributed by atoms with Gasteiger partial charge < -0.3 is 5.11 Å². The van der Waals surface area contributed by atoms with Crippen LogP contribution >= 0.6 is 11.6 Å². The van der Waals surface area contributed by atoms with Crippen LogP contribution in [0.4, 0.5) is 0 Å². The molecule has 2 rings (SSSR count). The fraction of sp³-hybridized carbons (Fsp3) is 0.636. The van der Waals surface area contributed by atoms with E-state index in [4.69, 9.17) is 11.6 Å². The van der Waals surface area contributed by atoms with E-state index in [0.29, 0.717) is 23.6 Å². The normalized spacial score (nSPS) is 18.5. The van der Waals surface area contributed by atoms with Gasteiger partial charge in [0.1, 0.15) is 5.15 Å². The first-order valence-corrected chi connectivity index (χ1v) is 5.84. The topological polar surface area (TPSA) is 55.1 Å². The van der Waals surface area contributed by atoms with Crippen molar-refractivity contribution in [3.63, 3.8) is 0 Å². The molecule has 0 atom stereocenters. The first-order valence-electron chi connectivity index (χ1n) is 5.46. The van der Waals surface area contributed by atoms with E-state index >= 15 is 0 Å². The number of carboxylic acid groups (broad SMARTS) is 1. The molecular weight excluding hydrogens is 228 g/mol. The molecule has 0 aliphatic heterocycles. The zero-order valence-corrected chi connectivity index (χ0v) is 10.2. The van der Waals surface area contributed by atoms with Gasteiger partial charge in [-0.05, 0) is 26.7 Å². The van der Waals surface area contributed by atoms with E-state index in [9.17, 15) is 9.90 Å². The first-order chi connectivity index (χ1) is 7.49. The van der Waals surface area contributed by atoms with Crippen LogP contribution in [0.3, 0.4) is 0 Å². The Morgan fingerprint density at radius 3 is 2.56 bits per heavy atom. The Balaban J connectivity index is 2.44. The van der Waals surface area contributed by atoms with Gasteiger partial charge in [0.25, 0.3) is 0 Å². The smallest absolute Gasteiger partial charge is 0.314 e. The van der Waals surface area contributed by atoms with Crippen molar-refractivity contribution in [2.45, 2.75) is 44.6 Å². The maximum absolute atomic E-state index is 11.3. The lowest BCUT2D eigenvalue weighted by atomic mass is 9.65.